The van der Waals surface area contributed by atoms with Crippen LogP contribution in [0.2, 0.25) is 0 Å². The molecule has 0 spiro atoms. The minimum Gasteiger partial charge on any atom is -0.497 e. The van der Waals surface area contributed by atoms with Gasteiger partial charge in [-0.1, -0.05) is 6.92 Å². The number of hydrogen-bond acceptors (Lipinski definition) is 2. The highest BCUT2D eigenvalue weighted by Gasteiger charge is 2.08. The molecule has 0 saturated carbocycles. The summed E-state index contributed by atoms with van der Waals surface area (Å²) in [5, 5.41) is 1.25. The second kappa shape index (κ2) is 3.95. The van der Waals surface area contributed by atoms with Crippen molar-refractivity contribution >= 4 is 10.9 Å². The van der Waals surface area contributed by atoms with E-state index in [4.69, 9.17) is 10.5 Å². The standard InChI is InChI=1S/C12H16N2O/c1-3-9-10-5-4-8(15-2)6-11(10)14-12(9)7-13/h4-6,14H,3,7,13H2,1-2H3. The largest absolute Gasteiger partial charge is 0.497 e. The molecule has 1 aromatic carbocycles. The van der Waals surface area contributed by atoms with Gasteiger partial charge in [0, 0.05) is 29.2 Å². The number of benzene rings is 1. The number of ether oxygens (including phenoxy) is 1. The molecule has 0 radical (unpaired) electrons. The van der Waals surface area contributed by atoms with E-state index in [-0.39, 0.29) is 0 Å². The summed E-state index contributed by atoms with van der Waals surface area (Å²) in [5.74, 6) is 0.870. The Morgan fingerprint density at radius 2 is 2.20 bits per heavy atom. The van der Waals surface area contributed by atoms with E-state index in [1.54, 1.807) is 7.11 Å². The zero-order valence-electron chi connectivity index (χ0n) is 9.13. The first-order valence-electron chi connectivity index (χ1n) is 5.17. The average Bonchev–Trinajstić information content (AvgIpc) is 2.65. The van der Waals surface area contributed by atoms with Crippen LogP contribution in [0.25, 0.3) is 10.9 Å². The predicted octanol–water partition coefficient (Wildman–Crippen LogP) is 2.20. The second-order valence-corrected chi connectivity index (χ2v) is 3.55. The van der Waals surface area contributed by atoms with Crippen molar-refractivity contribution in [2.45, 2.75) is 19.9 Å². The van der Waals surface area contributed by atoms with Crippen molar-refractivity contribution in [3.05, 3.63) is 29.5 Å². The minimum atomic E-state index is 0.556. The van der Waals surface area contributed by atoms with E-state index in [1.165, 1.54) is 10.9 Å². The highest BCUT2D eigenvalue weighted by molar-refractivity contribution is 5.85. The lowest BCUT2D eigenvalue weighted by molar-refractivity contribution is 0.415. The van der Waals surface area contributed by atoms with E-state index in [2.05, 4.69) is 18.0 Å². The Kier molecular flexibility index (Phi) is 2.64. The minimum absolute atomic E-state index is 0.556. The topological polar surface area (TPSA) is 51.0 Å². The van der Waals surface area contributed by atoms with Gasteiger partial charge >= 0.3 is 0 Å². The van der Waals surface area contributed by atoms with Gasteiger partial charge in [-0.3, -0.25) is 0 Å². The van der Waals surface area contributed by atoms with E-state index in [9.17, 15) is 0 Å². The monoisotopic (exact) mass is 204 g/mol. The molecule has 0 atom stereocenters. The number of aromatic amines is 1. The third-order valence-corrected chi connectivity index (χ3v) is 2.76. The van der Waals surface area contributed by atoms with Crippen LogP contribution in [0.15, 0.2) is 18.2 Å². The molecule has 1 heterocycles. The molecular weight excluding hydrogens is 188 g/mol. The molecule has 0 bridgehead atoms. The van der Waals surface area contributed by atoms with Crippen LogP contribution < -0.4 is 10.5 Å². The summed E-state index contributed by atoms with van der Waals surface area (Å²) in [6.07, 6.45) is 0.999. The van der Waals surface area contributed by atoms with Gasteiger partial charge in [0.15, 0.2) is 0 Å². The van der Waals surface area contributed by atoms with Gasteiger partial charge in [-0.25, -0.2) is 0 Å². The van der Waals surface area contributed by atoms with Crippen LogP contribution >= 0.6 is 0 Å². The lowest BCUT2D eigenvalue weighted by Gasteiger charge is -1.99. The number of nitrogens with one attached hydrogen (secondary N) is 1. The molecule has 1 aromatic heterocycles. The molecule has 0 aliphatic rings. The Hall–Kier alpha value is -1.48. The van der Waals surface area contributed by atoms with Crippen LogP contribution in [0.3, 0.4) is 0 Å². The summed E-state index contributed by atoms with van der Waals surface area (Å²) in [6, 6.07) is 6.08. The number of fused-ring (bicyclic) bond motifs is 1. The Labute approximate surface area is 89.2 Å². The van der Waals surface area contributed by atoms with Gasteiger partial charge in [0.1, 0.15) is 5.75 Å². The molecule has 3 N–H and O–H groups in total. The first-order valence-corrected chi connectivity index (χ1v) is 5.17. The lowest BCUT2D eigenvalue weighted by Crippen LogP contribution is -1.99. The van der Waals surface area contributed by atoms with Crippen LogP contribution in [0.4, 0.5) is 0 Å². The molecule has 0 amide bonds. The SMILES string of the molecule is CCc1c(CN)[nH]c2cc(OC)ccc12. The van der Waals surface area contributed by atoms with E-state index in [0.717, 1.165) is 23.4 Å². The Bertz CT molecular complexity index is 474. The van der Waals surface area contributed by atoms with E-state index in [1.807, 2.05) is 12.1 Å². The Balaban J connectivity index is 2.65. The van der Waals surface area contributed by atoms with Crippen molar-refractivity contribution in [3.8, 4) is 5.75 Å². The van der Waals surface area contributed by atoms with Crippen molar-refractivity contribution in [1.29, 1.82) is 0 Å². The van der Waals surface area contributed by atoms with Gasteiger partial charge in [-0.2, -0.15) is 0 Å². The second-order valence-electron chi connectivity index (χ2n) is 3.55. The Morgan fingerprint density at radius 1 is 1.40 bits per heavy atom. The van der Waals surface area contributed by atoms with Crippen molar-refractivity contribution in [1.82, 2.24) is 4.98 Å². The van der Waals surface area contributed by atoms with Crippen molar-refractivity contribution < 1.29 is 4.74 Å². The van der Waals surface area contributed by atoms with Crippen molar-refractivity contribution in [3.63, 3.8) is 0 Å². The summed E-state index contributed by atoms with van der Waals surface area (Å²) >= 11 is 0. The molecule has 2 aromatic rings. The van der Waals surface area contributed by atoms with E-state index >= 15 is 0 Å². The summed E-state index contributed by atoms with van der Waals surface area (Å²) in [4.78, 5) is 3.33. The number of nitrogens with two attached hydrogens (primary N) is 1. The number of aryl methyl sites for hydroxylation is 1. The fourth-order valence-electron chi connectivity index (χ4n) is 2.00. The highest BCUT2D eigenvalue weighted by Crippen LogP contribution is 2.26. The summed E-state index contributed by atoms with van der Waals surface area (Å²) in [6.45, 7) is 2.70. The normalized spacial score (nSPS) is 10.9. The van der Waals surface area contributed by atoms with Crippen LogP contribution in [-0.4, -0.2) is 12.1 Å². The van der Waals surface area contributed by atoms with Crippen molar-refractivity contribution in [2.24, 2.45) is 5.73 Å². The molecule has 15 heavy (non-hydrogen) atoms. The molecule has 0 fully saturated rings. The molecule has 80 valence electrons. The van der Waals surface area contributed by atoms with Gasteiger partial charge in [0.05, 0.1) is 7.11 Å². The fraction of sp³-hybridized carbons (Fsp3) is 0.333. The first kappa shape index (κ1) is 10.1. The quantitative estimate of drug-likeness (QED) is 0.805. The fourth-order valence-corrected chi connectivity index (χ4v) is 2.00. The predicted molar refractivity (Wildman–Crippen MR) is 62.1 cm³/mol. The molecule has 2 rings (SSSR count). The number of aromatic nitrogens is 1. The number of rotatable bonds is 3. The van der Waals surface area contributed by atoms with Gasteiger partial charge in [-0.15, -0.1) is 0 Å². The first-order chi connectivity index (χ1) is 7.30. The molecule has 0 aliphatic heterocycles. The van der Waals surface area contributed by atoms with Gasteiger partial charge in [0.25, 0.3) is 0 Å². The third kappa shape index (κ3) is 1.59. The molecular formula is C12H16N2O. The molecule has 0 aliphatic carbocycles. The molecule has 3 nitrogen and oxygen atoms in total. The molecule has 0 unspecified atom stereocenters. The van der Waals surface area contributed by atoms with Crippen LogP contribution in [-0.2, 0) is 13.0 Å². The Morgan fingerprint density at radius 3 is 2.80 bits per heavy atom. The third-order valence-electron chi connectivity index (χ3n) is 2.76. The van der Waals surface area contributed by atoms with Crippen LogP contribution in [0.1, 0.15) is 18.2 Å². The van der Waals surface area contributed by atoms with Crippen LogP contribution in [0, 0.1) is 0 Å². The van der Waals surface area contributed by atoms with Gasteiger partial charge in [0.2, 0.25) is 0 Å². The lowest BCUT2D eigenvalue weighted by atomic mass is 10.1. The van der Waals surface area contributed by atoms with Crippen molar-refractivity contribution in [2.75, 3.05) is 7.11 Å². The van der Waals surface area contributed by atoms with Gasteiger partial charge < -0.3 is 15.5 Å². The summed E-state index contributed by atoms with van der Waals surface area (Å²) in [7, 11) is 1.68. The van der Waals surface area contributed by atoms with Crippen LogP contribution in [0.5, 0.6) is 5.75 Å². The number of H-pyrrole nitrogens is 1. The van der Waals surface area contributed by atoms with E-state index in [0.29, 0.717) is 6.54 Å². The maximum atomic E-state index is 5.70. The number of methoxy groups -OCH3 is 1. The maximum Gasteiger partial charge on any atom is 0.120 e. The summed E-state index contributed by atoms with van der Waals surface area (Å²) < 4.78 is 5.19. The zero-order chi connectivity index (χ0) is 10.8. The smallest absolute Gasteiger partial charge is 0.120 e. The maximum absolute atomic E-state index is 5.70. The van der Waals surface area contributed by atoms with E-state index < -0.39 is 0 Å². The van der Waals surface area contributed by atoms with Gasteiger partial charge in [-0.05, 0) is 24.1 Å². The average molecular weight is 204 g/mol. The number of hydrogen-bond donors (Lipinski definition) is 2. The molecule has 3 heteroatoms. The summed E-state index contributed by atoms with van der Waals surface area (Å²) in [5.41, 5.74) is 9.24. The zero-order valence-corrected chi connectivity index (χ0v) is 9.13. The molecule has 0 saturated heterocycles. The highest BCUT2D eigenvalue weighted by atomic mass is 16.5.